The van der Waals surface area contributed by atoms with Crippen molar-refractivity contribution in [1.29, 1.82) is 5.26 Å². The number of nitrogens with one attached hydrogen (secondary N) is 1. The number of alkyl carbamates (subject to hydrolysis) is 1. The summed E-state index contributed by atoms with van der Waals surface area (Å²) in [7, 11) is 0. The van der Waals surface area contributed by atoms with Gasteiger partial charge in [0.05, 0.1) is 18.2 Å². The minimum absolute atomic E-state index is 0.182. The molecule has 1 aliphatic heterocycles. The molecule has 1 aliphatic carbocycles. The predicted molar refractivity (Wildman–Crippen MR) is 137 cm³/mol. The highest BCUT2D eigenvalue weighted by Gasteiger charge is 2.31. The van der Waals surface area contributed by atoms with Gasteiger partial charge in [0.1, 0.15) is 12.4 Å². The van der Waals surface area contributed by atoms with Gasteiger partial charge in [0.15, 0.2) is 0 Å². The molecule has 3 atom stereocenters. The Bertz CT molecular complexity index is 984. The van der Waals surface area contributed by atoms with E-state index < -0.39 is 0 Å². The summed E-state index contributed by atoms with van der Waals surface area (Å²) in [6, 6.07) is 18.0. The van der Waals surface area contributed by atoms with Crippen LogP contribution in [0.15, 0.2) is 48.5 Å². The van der Waals surface area contributed by atoms with E-state index in [1.165, 1.54) is 24.9 Å². The van der Waals surface area contributed by atoms with E-state index in [1.807, 2.05) is 43.3 Å². The van der Waals surface area contributed by atoms with Crippen molar-refractivity contribution in [2.45, 2.75) is 64.5 Å². The van der Waals surface area contributed by atoms with Gasteiger partial charge in [0.25, 0.3) is 0 Å². The van der Waals surface area contributed by atoms with Crippen LogP contribution in [0.3, 0.4) is 0 Å². The largest absolute Gasteiger partial charge is 0.494 e. The number of rotatable bonds is 8. The first-order valence-electron chi connectivity index (χ1n) is 13.0. The first kappa shape index (κ1) is 24.9. The molecule has 6 heteroatoms. The molecule has 4 rings (SSSR count). The molecule has 0 spiro atoms. The number of ether oxygens (including phenoxy) is 2. The van der Waals surface area contributed by atoms with Crippen molar-refractivity contribution in [1.82, 2.24) is 5.32 Å². The number of carbonyl (C=O) groups is 1. The fraction of sp³-hybridized carbons (Fsp3) is 0.517. The van der Waals surface area contributed by atoms with E-state index in [4.69, 9.17) is 14.7 Å². The van der Waals surface area contributed by atoms with Gasteiger partial charge < -0.3 is 19.7 Å². The second-order valence-electron chi connectivity index (χ2n) is 9.80. The maximum Gasteiger partial charge on any atom is 0.407 e. The SMILES string of the molecule is CCOc1ccc(COC(=O)N[C@@H]2CCCC[C@H]2C[C@H]2CCCN(c3ccc(C#N)cc3)C2)cc1. The van der Waals surface area contributed by atoms with Crippen LogP contribution in [0.5, 0.6) is 5.75 Å². The molecule has 0 radical (unpaired) electrons. The molecule has 6 nitrogen and oxygen atoms in total. The van der Waals surface area contributed by atoms with Crippen molar-refractivity contribution in [3.05, 3.63) is 59.7 Å². The Morgan fingerprint density at radius 3 is 2.57 bits per heavy atom. The van der Waals surface area contributed by atoms with Gasteiger partial charge in [0, 0.05) is 24.8 Å². The molecular formula is C29H37N3O3. The Hall–Kier alpha value is -3.20. The average molecular weight is 476 g/mol. The third-order valence-corrected chi connectivity index (χ3v) is 7.33. The number of nitrogens with zero attached hydrogens (tertiary/aromatic N) is 2. The van der Waals surface area contributed by atoms with Crippen LogP contribution in [0.4, 0.5) is 10.5 Å². The van der Waals surface area contributed by atoms with Crippen LogP contribution in [-0.4, -0.2) is 31.8 Å². The molecule has 0 aromatic heterocycles. The molecule has 2 aromatic carbocycles. The van der Waals surface area contributed by atoms with Gasteiger partial charge >= 0.3 is 6.09 Å². The molecular weight excluding hydrogens is 438 g/mol. The first-order chi connectivity index (χ1) is 17.1. The van der Waals surface area contributed by atoms with Gasteiger partial charge in [-0.2, -0.15) is 5.26 Å². The van der Waals surface area contributed by atoms with Crippen LogP contribution in [0.2, 0.25) is 0 Å². The van der Waals surface area contributed by atoms with Crippen molar-refractivity contribution in [3.63, 3.8) is 0 Å². The van der Waals surface area contributed by atoms with E-state index in [2.05, 4.69) is 28.4 Å². The number of piperidine rings is 1. The first-order valence-corrected chi connectivity index (χ1v) is 13.0. The van der Waals surface area contributed by atoms with E-state index in [-0.39, 0.29) is 18.7 Å². The van der Waals surface area contributed by atoms with Gasteiger partial charge in [-0.15, -0.1) is 0 Å². The number of hydrogen-bond acceptors (Lipinski definition) is 5. The molecule has 1 heterocycles. The minimum Gasteiger partial charge on any atom is -0.494 e. The maximum atomic E-state index is 12.6. The van der Waals surface area contributed by atoms with Crippen molar-refractivity contribution in [2.75, 3.05) is 24.6 Å². The number of amides is 1. The van der Waals surface area contributed by atoms with Gasteiger partial charge in [-0.25, -0.2) is 4.79 Å². The molecule has 1 saturated carbocycles. The lowest BCUT2D eigenvalue weighted by atomic mass is 9.77. The number of nitriles is 1. The van der Waals surface area contributed by atoms with Crippen molar-refractivity contribution < 1.29 is 14.3 Å². The summed E-state index contributed by atoms with van der Waals surface area (Å²) < 4.78 is 11.0. The lowest BCUT2D eigenvalue weighted by Crippen LogP contribution is -2.44. The highest BCUT2D eigenvalue weighted by molar-refractivity contribution is 5.67. The van der Waals surface area contributed by atoms with Gasteiger partial charge in [-0.1, -0.05) is 25.0 Å². The number of anilines is 1. The van der Waals surface area contributed by atoms with Crippen LogP contribution in [0.1, 0.15) is 63.0 Å². The minimum atomic E-state index is -0.321. The number of hydrogen-bond donors (Lipinski definition) is 1. The summed E-state index contributed by atoms with van der Waals surface area (Å²) >= 11 is 0. The van der Waals surface area contributed by atoms with Crippen LogP contribution < -0.4 is 15.0 Å². The van der Waals surface area contributed by atoms with E-state index in [0.717, 1.165) is 50.1 Å². The molecule has 35 heavy (non-hydrogen) atoms. The molecule has 0 unspecified atom stereocenters. The smallest absolute Gasteiger partial charge is 0.407 e. The normalized spacial score (nSPS) is 22.2. The van der Waals surface area contributed by atoms with Crippen LogP contribution in [0.25, 0.3) is 0 Å². The molecule has 2 aromatic rings. The van der Waals surface area contributed by atoms with Crippen LogP contribution >= 0.6 is 0 Å². The summed E-state index contributed by atoms with van der Waals surface area (Å²) in [6.45, 7) is 4.95. The van der Waals surface area contributed by atoms with Crippen LogP contribution in [0, 0.1) is 23.2 Å². The highest BCUT2D eigenvalue weighted by atomic mass is 16.5. The molecule has 186 valence electrons. The Labute approximate surface area is 209 Å². The number of benzene rings is 2. The Balaban J connectivity index is 1.27. The van der Waals surface area contributed by atoms with Gasteiger partial charge in [-0.3, -0.25) is 0 Å². The van der Waals surface area contributed by atoms with E-state index in [0.29, 0.717) is 24.0 Å². The predicted octanol–water partition coefficient (Wildman–Crippen LogP) is 6.05. The monoisotopic (exact) mass is 475 g/mol. The lowest BCUT2D eigenvalue weighted by Gasteiger charge is -2.39. The van der Waals surface area contributed by atoms with Gasteiger partial charge in [-0.05, 0) is 92.8 Å². The second-order valence-corrected chi connectivity index (χ2v) is 9.80. The second kappa shape index (κ2) is 12.5. The summed E-state index contributed by atoms with van der Waals surface area (Å²) in [6.07, 6.45) is 7.80. The lowest BCUT2D eigenvalue weighted by molar-refractivity contribution is 0.122. The highest BCUT2D eigenvalue weighted by Crippen LogP contribution is 2.34. The third-order valence-electron chi connectivity index (χ3n) is 7.33. The van der Waals surface area contributed by atoms with E-state index in [9.17, 15) is 4.79 Å². The Morgan fingerprint density at radius 2 is 1.83 bits per heavy atom. The summed E-state index contributed by atoms with van der Waals surface area (Å²) in [5, 5.41) is 12.2. The molecule has 1 N–H and O–H groups in total. The zero-order valence-corrected chi connectivity index (χ0v) is 20.7. The summed E-state index contributed by atoms with van der Waals surface area (Å²) in [5.74, 6) is 1.94. The zero-order chi connectivity index (χ0) is 24.5. The van der Waals surface area contributed by atoms with Crippen molar-refractivity contribution >= 4 is 11.8 Å². The number of carbonyl (C=O) groups excluding carboxylic acids is 1. The average Bonchev–Trinajstić information content (AvgIpc) is 2.90. The molecule has 1 amide bonds. The Kier molecular flexibility index (Phi) is 8.89. The fourth-order valence-corrected chi connectivity index (χ4v) is 5.54. The van der Waals surface area contributed by atoms with E-state index in [1.54, 1.807) is 0 Å². The topological polar surface area (TPSA) is 74.6 Å². The molecule has 1 saturated heterocycles. The van der Waals surface area contributed by atoms with Crippen LogP contribution in [-0.2, 0) is 11.3 Å². The zero-order valence-electron chi connectivity index (χ0n) is 20.7. The summed E-state index contributed by atoms with van der Waals surface area (Å²) in [4.78, 5) is 15.0. The standard InChI is InChI=1S/C29H37N3O3/c1-2-34-27-15-11-23(12-16-27)21-35-29(33)31-28-8-4-3-7-25(28)18-24-6-5-17-32(20-24)26-13-9-22(19-30)10-14-26/h9-16,24-25,28H,2-8,17-18,20-21H2,1H3,(H,31,33)/t24-,25+,28-/m1/s1. The van der Waals surface area contributed by atoms with Crippen molar-refractivity contribution in [2.24, 2.45) is 11.8 Å². The maximum absolute atomic E-state index is 12.6. The molecule has 2 aliphatic rings. The van der Waals surface area contributed by atoms with E-state index >= 15 is 0 Å². The Morgan fingerprint density at radius 1 is 1.06 bits per heavy atom. The van der Waals surface area contributed by atoms with Gasteiger partial charge in [0.2, 0.25) is 0 Å². The fourth-order valence-electron chi connectivity index (χ4n) is 5.54. The summed E-state index contributed by atoms with van der Waals surface area (Å²) in [5.41, 5.74) is 2.85. The third kappa shape index (κ3) is 7.14. The molecule has 0 bridgehead atoms. The quantitative estimate of drug-likeness (QED) is 0.503. The molecule has 2 fully saturated rings. The van der Waals surface area contributed by atoms with Crippen molar-refractivity contribution in [3.8, 4) is 11.8 Å².